The number of aromatic nitrogens is 1. The fourth-order valence-corrected chi connectivity index (χ4v) is 2.56. The van der Waals surface area contributed by atoms with E-state index in [-0.39, 0.29) is 11.9 Å². The number of nitrogens with one attached hydrogen (secondary N) is 2. The third-order valence-corrected chi connectivity index (χ3v) is 3.47. The van der Waals surface area contributed by atoms with E-state index < -0.39 is 6.10 Å². The number of rotatable bonds is 2. The van der Waals surface area contributed by atoms with Crippen molar-refractivity contribution in [1.82, 2.24) is 10.3 Å². The van der Waals surface area contributed by atoms with E-state index in [4.69, 9.17) is 0 Å². The number of aliphatic hydroxyl groups excluding tert-OH is 1. The number of aromatic amines is 1. The third kappa shape index (κ3) is 1.83. The van der Waals surface area contributed by atoms with Gasteiger partial charge in [0.15, 0.2) is 0 Å². The Labute approximate surface area is 98.7 Å². The highest BCUT2D eigenvalue weighted by Crippen LogP contribution is 2.29. The maximum atomic E-state index is 13.2. The molecule has 2 unspecified atom stereocenters. The maximum Gasteiger partial charge on any atom is 0.123 e. The number of H-pyrrole nitrogens is 1. The van der Waals surface area contributed by atoms with Crippen LogP contribution in [0.3, 0.4) is 0 Å². The molecule has 0 radical (unpaired) electrons. The zero-order chi connectivity index (χ0) is 11.8. The number of halogens is 1. The molecule has 2 aromatic rings. The lowest BCUT2D eigenvalue weighted by molar-refractivity contribution is 0.139. The molecule has 1 aromatic carbocycles. The summed E-state index contributed by atoms with van der Waals surface area (Å²) in [4.78, 5) is 3.07. The van der Waals surface area contributed by atoms with E-state index in [0.29, 0.717) is 0 Å². The van der Waals surface area contributed by atoms with Crippen molar-refractivity contribution in [2.24, 2.45) is 0 Å². The van der Waals surface area contributed by atoms with Crippen molar-refractivity contribution in [3.8, 4) is 0 Å². The van der Waals surface area contributed by atoms with Crippen LogP contribution in [0.5, 0.6) is 0 Å². The standard InChI is InChI=1S/C13H15FN2O/c14-8-3-4-11-9(6-8)10(7-16-11)13(17)12-2-1-5-15-12/h3-4,6-7,12-13,15-17H,1-2,5H2. The summed E-state index contributed by atoms with van der Waals surface area (Å²) in [7, 11) is 0. The predicted molar refractivity (Wildman–Crippen MR) is 64.2 cm³/mol. The summed E-state index contributed by atoms with van der Waals surface area (Å²) < 4.78 is 13.2. The van der Waals surface area contributed by atoms with Crippen LogP contribution >= 0.6 is 0 Å². The van der Waals surface area contributed by atoms with E-state index in [9.17, 15) is 9.50 Å². The average Bonchev–Trinajstić information content (AvgIpc) is 2.97. The summed E-state index contributed by atoms with van der Waals surface area (Å²) >= 11 is 0. The van der Waals surface area contributed by atoms with E-state index >= 15 is 0 Å². The van der Waals surface area contributed by atoms with Crippen molar-refractivity contribution in [3.63, 3.8) is 0 Å². The van der Waals surface area contributed by atoms with Crippen LogP contribution in [0.4, 0.5) is 4.39 Å². The number of fused-ring (bicyclic) bond motifs is 1. The molecule has 0 saturated carbocycles. The Kier molecular flexibility index (Phi) is 2.61. The molecule has 1 aliphatic rings. The first-order valence-corrected chi connectivity index (χ1v) is 5.94. The number of aliphatic hydroxyl groups is 1. The van der Waals surface area contributed by atoms with Crippen LogP contribution in [0.1, 0.15) is 24.5 Å². The van der Waals surface area contributed by atoms with Crippen molar-refractivity contribution >= 4 is 10.9 Å². The van der Waals surface area contributed by atoms with Gasteiger partial charge in [0, 0.05) is 28.7 Å². The van der Waals surface area contributed by atoms with Crippen LogP contribution in [-0.4, -0.2) is 22.7 Å². The maximum absolute atomic E-state index is 13.2. The highest BCUT2D eigenvalue weighted by molar-refractivity contribution is 5.83. The highest BCUT2D eigenvalue weighted by Gasteiger charge is 2.25. The molecular weight excluding hydrogens is 219 g/mol. The second-order valence-electron chi connectivity index (χ2n) is 4.58. The van der Waals surface area contributed by atoms with Gasteiger partial charge in [0.25, 0.3) is 0 Å². The predicted octanol–water partition coefficient (Wildman–Crippen LogP) is 2.09. The summed E-state index contributed by atoms with van der Waals surface area (Å²) in [6.45, 7) is 0.943. The quantitative estimate of drug-likeness (QED) is 0.745. The molecule has 2 heterocycles. The minimum Gasteiger partial charge on any atom is -0.387 e. The summed E-state index contributed by atoms with van der Waals surface area (Å²) in [5, 5.41) is 14.3. The Morgan fingerprint density at radius 2 is 2.29 bits per heavy atom. The van der Waals surface area contributed by atoms with Crippen LogP contribution in [0, 0.1) is 5.82 Å². The number of benzene rings is 1. The molecule has 0 spiro atoms. The number of hydrogen-bond acceptors (Lipinski definition) is 2. The molecule has 1 aromatic heterocycles. The van der Waals surface area contributed by atoms with E-state index in [1.165, 1.54) is 12.1 Å². The van der Waals surface area contributed by atoms with Gasteiger partial charge in [-0.2, -0.15) is 0 Å². The molecule has 2 atom stereocenters. The second kappa shape index (κ2) is 4.13. The molecule has 17 heavy (non-hydrogen) atoms. The molecule has 1 aliphatic heterocycles. The molecule has 0 amide bonds. The largest absolute Gasteiger partial charge is 0.387 e. The normalized spacial score (nSPS) is 22.1. The molecular formula is C13H15FN2O. The molecule has 3 nitrogen and oxygen atoms in total. The van der Waals surface area contributed by atoms with Crippen LogP contribution in [0.2, 0.25) is 0 Å². The van der Waals surface area contributed by atoms with Crippen molar-refractivity contribution in [2.75, 3.05) is 6.54 Å². The molecule has 3 N–H and O–H groups in total. The van der Waals surface area contributed by atoms with Gasteiger partial charge in [-0.15, -0.1) is 0 Å². The lowest BCUT2D eigenvalue weighted by Gasteiger charge is -2.17. The Hall–Kier alpha value is -1.39. The fraction of sp³-hybridized carbons (Fsp3) is 0.385. The molecule has 1 saturated heterocycles. The van der Waals surface area contributed by atoms with E-state index in [1.807, 2.05) is 0 Å². The lowest BCUT2D eigenvalue weighted by atomic mass is 10.0. The second-order valence-corrected chi connectivity index (χ2v) is 4.58. The van der Waals surface area contributed by atoms with Crippen LogP contribution in [0.15, 0.2) is 24.4 Å². The zero-order valence-electron chi connectivity index (χ0n) is 9.41. The first-order chi connectivity index (χ1) is 8.25. The first-order valence-electron chi connectivity index (χ1n) is 5.94. The minimum atomic E-state index is -0.576. The fourth-order valence-electron chi connectivity index (χ4n) is 2.56. The van der Waals surface area contributed by atoms with Gasteiger partial charge in [0.1, 0.15) is 5.82 Å². The lowest BCUT2D eigenvalue weighted by Crippen LogP contribution is -2.28. The monoisotopic (exact) mass is 234 g/mol. The van der Waals surface area contributed by atoms with Crippen molar-refractivity contribution < 1.29 is 9.50 Å². The molecule has 1 fully saturated rings. The highest BCUT2D eigenvalue weighted by atomic mass is 19.1. The van der Waals surface area contributed by atoms with Gasteiger partial charge < -0.3 is 15.4 Å². The van der Waals surface area contributed by atoms with Crippen LogP contribution < -0.4 is 5.32 Å². The van der Waals surface area contributed by atoms with Crippen molar-refractivity contribution in [2.45, 2.75) is 25.0 Å². The molecule has 0 aliphatic carbocycles. The van der Waals surface area contributed by atoms with E-state index in [2.05, 4.69) is 10.3 Å². The number of hydrogen-bond donors (Lipinski definition) is 3. The van der Waals surface area contributed by atoms with E-state index in [0.717, 1.165) is 35.9 Å². The Balaban J connectivity index is 2.01. The van der Waals surface area contributed by atoms with E-state index in [1.54, 1.807) is 12.3 Å². The van der Waals surface area contributed by atoms with Gasteiger partial charge in [-0.05, 0) is 37.6 Å². The molecule has 0 bridgehead atoms. The molecule has 3 rings (SSSR count). The Morgan fingerprint density at radius 3 is 3.06 bits per heavy atom. The Morgan fingerprint density at radius 1 is 1.41 bits per heavy atom. The molecule has 4 heteroatoms. The Bertz CT molecular complexity index is 531. The smallest absolute Gasteiger partial charge is 0.123 e. The van der Waals surface area contributed by atoms with Gasteiger partial charge in [0.2, 0.25) is 0 Å². The average molecular weight is 234 g/mol. The van der Waals surface area contributed by atoms with Crippen LogP contribution in [0.25, 0.3) is 10.9 Å². The van der Waals surface area contributed by atoms with Gasteiger partial charge >= 0.3 is 0 Å². The summed E-state index contributed by atoms with van der Waals surface area (Å²) in [5.74, 6) is -0.273. The van der Waals surface area contributed by atoms with Gasteiger partial charge in [-0.25, -0.2) is 4.39 Å². The van der Waals surface area contributed by atoms with Crippen molar-refractivity contribution in [1.29, 1.82) is 0 Å². The molecule has 90 valence electrons. The SMILES string of the molecule is OC(c1c[nH]c2ccc(F)cc12)C1CCCN1. The third-order valence-electron chi connectivity index (χ3n) is 3.47. The zero-order valence-corrected chi connectivity index (χ0v) is 9.41. The summed E-state index contributed by atoms with van der Waals surface area (Å²) in [5.41, 5.74) is 1.64. The van der Waals surface area contributed by atoms with Gasteiger partial charge in [-0.1, -0.05) is 0 Å². The minimum absolute atomic E-state index is 0.0808. The van der Waals surface area contributed by atoms with Crippen molar-refractivity contribution in [3.05, 3.63) is 35.8 Å². The van der Waals surface area contributed by atoms with Gasteiger partial charge in [-0.3, -0.25) is 0 Å². The summed E-state index contributed by atoms with van der Waals surface area (Å²) in [6.07, 6.45) is 3.24. The van der Waals surface area contributed by atoms with Gasteiger partial charge in [0.05, 0.1) is 6.10 Å². The van der Waals surface area contributed by atoms with Crippen LogP contribution in [-0.2, 0) is 0 Å². The summed E-state index contributed by atoms with van der Waals surface area (Å²) in [6, 6.07) is 4.67. The topological polar surface area (TPSA) is 48.0 Å². The first kappa shape index (κ1) is 10.7.